The summed E-state index contributed by atoms with van der Waals surface area (Å²) < 4.78 is 0. The molecule has 0 fully saturated rings. The van der Waals surface area contributed by atoms with E-state index in [0.29, 0.717) is 29.0 Å². The van der Waals surface area contributed by atoms with E-state index in [0.717, 1.165) is 5.69 Å². The molecule has 0 aliphatic heterocycles. The Kier molecular flexibility index (Phi) is 7.01. The van der Waals surface area contributed by atoms with E-state index in [1.165, 1.54) is 0 Å². The Morgan fingerprint density at radius 3 is 2.16 bits per heavy atom. The van der Waals surface area contributed by atoms with Crippen molar-refractivity contribution in [2.45, 2.75) is 6.92 Å². The minimum atomic E-state index is -0.536. The van der Waals surface area contributed by atoms with Crippen molar-refractivity contribution in [3.05, 3.63) is 90.0 Å². The number of amides is 3. The number of carbonyl (C=O) groups is 3. The van der Waals surface area contributed by atoms with Gasteiger partial charge >= 0.3 is 0 Å². The third-order valence-electron chi connectivity index (χ3n) is 4.62. The molecule has 0 unspecified atom stereocenters. The minimum absolute atomic E-state index is 0.00844. The topological polar surface area (TPSA) is 105 Å². The molecule has 0 atom stereocenters. The fourth-order valence-electron chi connectivity index (χ4n) is 3.11. The van der Waals surface area contributed by atoms with Gasteiger partial charge in [-0.15, -0.1) is 0 Å². The summed E-state index contributed by atoms with van der Waals surface area (Å²) in [5.41, 5.74) is 8.05. The highest BCUT2D eigenvalue weighted by molar-refractivity contribution is 6.07. The number of rotatable bonds is 8. The second-order valence-corrected chi connectivity index (χ2v) is 6.81. The lowest BCUT2D eigenvalue weighted by atomic mass is 10.1. The average molecular weight is 416 g/mol. The molecule has 4 N–H and O–H groups in total. The highest BCUT2D eigenvalue weighted by Gasteiger charge is 2.16. The lowest BCUT2D eigenvalue weighted by molar-refractivity contribution is -0.114. The number of hydrogen-bond acceptors (Lipinski definition) is 4. The van der Waals surface area contributed by atoms with E-state index in [2.05, 4.69) is 10.6 Å². The van der Waals surface area contributed by atoms with Gasteiger partial charge in [0.05, 0.1) is 6.54 Å². The smallest absolute Gasteiger partial charge is 0.258 e. The summed E-state index contributed by atoms with van der Waals surface area (Å²) in [7, 11) is 0. The molecule has 3 rings (SSSR count). The maximum absolute atomic E-state index is 13.0. The molecular formula is C24H24N4O3. The molecule has 0 aliphatic rings. The van der Waals surface area contributed by atoms with Crippen LogP contribution in [0.25, 0.3) is 0 Å². The summed E-state index contributed by atoms with van der Waals surface area (Å²) in [6.45, 7) is 2.43. The summed E-state index contributed by atoms with van der Waals surface area (Å²) in [5.74, 6) is -0.970. The van der Waals surface area contributed by atoms with Gasteiger partial charge in [0.2, 0.25) is 11.8 Å². The molecule has 31 heavy (non-hydrogen) atoms. The molecule has 0 bridgehead atoms. The fraction of sp³-hybridized carbons (Fsp3) is 0.125. The number of primary amides is 1. The monoisotopic (exact) mass is 416 g/mol. The Morgan fingerprint density at radius 1 is 0.839 bits per heavy atom. The van der Waals surface area contributed by atoms with Crippen LogP contribution in [0, 0.1) is 0 Å². The number of nitrogens with one attached hydrogen (secondary N) is 2. The number of nitrogens with zero attached hydrogens (tertiary/aromatic N) is 1. The summed E-state index contributed by atoms with van der Waals surface area (Å²) in [5, 5.41) is 5.73. The van der Waals surface area contributed by atoms with Gasteiger partial charge in [0, 0.05) is 34.7 Å². The molecule has 3 aromatic carbocycles. The zero-order valence-corrected chi connectivity index (χ0v) is 17.2. The molecule has 7 nitrogen and oxygen atoms in total. The van der Waals surface area contributed by atoms with Gasteiger partial charge in [-0.25, -0.2) is 0 Å². The molecule has 0 aliphatic carbocycles. The van der Waals surface area contributed by atoms with Crippen molar-refractivity contribution >= 4 is 34.8 Å². The molecule has 0 aromatic heterocycles. The predicted molar refractivity (Wildman–Crippen MR) is 122 cm³/mol. The van der Waals surface area contributed by atoms with Crippen molar-refractivity contribution in [3.8, 4) is 0 Å². The van der Waals surface area contributed by atoms with E-state index in [1.807, 2.05) is 37.3 Å². The van der Waals surface area contributed by atoms with E-state index in [9.17, 15) is 14.4 Å². The van der Waals surface area contributed by atoms with Crippen LogP contribution in [-0.4, -0.2) is 30.8 Å². The Morgan fingerprint density at radius 2 is 1.48 bits per heavy atom. The van der Waals surface area contributed by atoms with Crippen molar-refractivity contribution in [3.63, 3.8) is 0 Å². The molecule has 0 saturated heterocycles. The quantitative estimate of drug-likeness (QED) is 0.523. The number of nitrogens with two attached hydrogens (primary N) is 1. The van der Waals surface area contributed by atoms with E-state index in [1.54, 1.807) is 53.4 Å². The molecule has 0 saturated carbocycles. The van der Waals surface area contributed by atoms with Crippen LogP contribution in [0.3, 0.4) is 0 Å². The van der Waals surface area contributed by atoms with Gasteiger partial charge in [0.25, 0.3) is 5.91 Å². The van der Waals surface area contributed by atoms with E-state index in [-0.39, 0.29) is 18.4 Å². The van der Waals surface area contributed by atoms with E-state index < -0.39 is 5.91 Å². The number of para-hydroxylation sites is 1. The van der Waals surface area contributed by atoms with Gasteiger partial charge in [-0.3, -0.25) is 14.4 Å². The van der Waals surface area contributed by atoms with Crippen molar-refractivity contribution in [1.82, 2.24) is 0 Å². The van der Waals surface area contributed by atoms with Crippen LogP contribution >= 0.6 is 0 Å². The normalized spacial score (nSPS) is 10.2. The highest BCUT2D eigenvalue weighted by Crippen LogP contribution is 2.19. The number of hydrogen-bond donors (Lipinski definition) is 3. The minimum Gasteiger partial charge on any atom is -0.376 e. The van der Waals surface area contributed by atoms with Crippen LogP contribution < -0.4 is 21.3 Å². The van der Waals surface area contributed by atoms with Crippen LogP contribution in [0.15, 0.2) is 78.9 Å². The molecule has 158 valence electrons. The molecule has 0 heterocycles. The van der Waals surface area contributed by atoms with Gasteiger partial charge in [-0.1, -0.05) is 30.3 Å². The second kappa shape index (κ2) is 10.1. The van der Waals surface area contributed by atoms with Crippen molar-refractivity contribution < 1.29 is 14.4 Å². The lowest BCUT2D eigenvalue weighted by Gasteiger charge is -2.21. The second-order valence-electron chi connectivity index (χ2n) is 6.81. The highest BCUT2D eigenvalue weighted by atomic mass is 16.2. The predicted octanol–water partition coefficient (Wildman–Crippen LogP) is 3.50. The van der Waals surface area contributed by atoms with Gasteiger partial charge in [0.1, 0.15) is 0 Å². The van der Waals surface area contributed by atoms with Crippen molar-refractivity contribution in [2.24, 2.45) is 5.73 Å². The Balaban J connectivity index is 1.64. The summed E-state index contributed by atoms with van der Waals surface area (Å²) >= 11 is 0. The van der Waals surface area contributed by atoms with Crippen LogP contribution in [0.2, 0.25) is 0 Å². The maximum atomic E-state index is 13.0. The van der Waals surface area contributed by atoms with Crippen LogP contribution in [0.5, 0.6) is 0 Å². The Labute approximate surface area is 180 Å². The van der Waals surface area contributed by atoms with Gasteiger partial charge in [-0.05, 0) is 55.5 Å². The van der Waals surface area contributed by atoms with Crippen molar-refractivity contribution in [2.75, 3.05) is 28.6 Å². The Bertz CT molecular complexity index is 1080. The first-order valence-corrected chi connectivity index (χ1v) is 9.88. The fourth-order valence-corrected chi connectivity index (χ4v) is 3.11. The molecule has 0 radical (unpaired) electrons. The summed E-state index contributed by atoms with van der Waals surface area (Å²) in [4.78, 5) is 38.3. The lowest BCUT2D eigenvalue weighted by Crippen LogP contribution is -2.30. The molecule has 7 heteroatoms. The van der Waals surface area contributed by atoms with E-state index >= 15 is 0 Å². The number of benzene rings is 3. The third-order valence-corrected chi connectivity index (χ3v) is 4.62. The maximum Gasteiger partial charge on any atom is 0.258 e. The van der Waals surface area contributed by atoms with Crippen molar-refractivity contribution in [1.29, 1.82) is 0 Å². The van der Waals surface area contributed by atoms with Crippen LogP contribution in [0.4, 0.5) is 17.1 Å². The summed E-state index contributed by atoms with van der Waals surface area (Å²) in [6.07, 6.45) is 0. The largest absolute Gasteiger partial charge is 0.376 e. The molecule has 3 aromatic rings. The Hall–Kier alpha value is -4.13. The van der Waals surface area contributed by atoms with Crippen LogP contribution in [0.1, 0.15) is 27.6 Å². The zero-order chi connectivity index (χ0) is 22.2. The number of anilines is 3. The first kappa shape index (κ1) is 21.6. The molecule has 3 amide bonds. The zero-order valence-electron chi connectivity index (χ0n) is 17.2. The first-order valence-electron chi connectivity index (χ1n) is 9.88. The van der Waals surface area contributed by atoms with Gasteiger partial charge in [0.15, 0.2) is 0 Å². The SMILES string of the molecule is CCN(C(=O)c1cccc(NC(=O)CNc2cccc(C(N)=O)c2)c1)c1ccccc1. The van der Waals surface area contributed by atoms with Gasteiger partial charge < -0.3 is 21.3 Å². The van der Waals surface area contributed by atoms with E-state index in [4.69, 9.17) is 5.73 Å². The summed E-state index contributed by atoms with van der Waals surface area (Å²) in [6, 6.07) is 22.9. The number of carbonyl (C=O) groups excluding carboxylic acids is 3. The third kappa shape index (κ3) is 5.70. The van der Waals surface area contributed by atoms with Gasteiger partial charge in [-0.2, -0.15) is 0 Å². The standard InChI is InChI=1S/C24H24N4O3/c1-2-28(21-12-4-3-5-13-21)24(31)18-9-7-11-20(15-18)27-22(29)16-26-19-10-6-8-17(14-19)23(25)30/h3-15,26H,2,16H2,1H3,(H2,25,30)(H,27,29). The van der Waals surface area contributed by atoms with Crippen LogP contribution in [-0.2, 0) is 4.79 Å². The molecule has 0 spiro atoms. The first-order chi connectivity index (χ1) is 15.0. The molecular weight excluding hydrogens is 392 g/mol. The average Bonchev–Trinajstić information content (AvgIpc) is 2.79.